The number of carbonyl (C=O) groups is 1. The van der Waals surface area contributed by atoms with Gasteiger partial charge >= 0.3 is 6.09 Å². The van der Waals surface area contributed by atoms with E-state index in [0.29, 0.717) is 5.41 Å². The van der Waals surface area contributed by atoms with Crippen molar-refractivity contribution in [1.29, 1.82) is 0 Å². The molecule has 1 saturated heterocycles. The molecule has 0 bridgehead atoms. The predicted octanol–water partition coefficient (Wildman–Crippen LogP) is 5.95. The Hall–Kier alpha value is -1.51. The number of piperidine rings is 1. The van der Waals surface area contributed by atoms with Gasteiger partial charge in [-0.3, -0.25) is 0 Å². The first-order chi connectivity index (χ1) is 13.3. The fourth-order valence-corrected chi connectivity index (χ4v) is 5.90. The lowest BCUT2D eigenvalue weighted by Crippen LogP contribution is -2.42. The number of nitrogens with zero attached hydrogens (tertiary/aromatic N) is 1. The lowest BCUT2D eigenvalue weighted by atomic mass is 9.76. The van der Waals surface area contributed by atoms with Gasteiger partial charge in [0.2, 0.25) is 0 Å². The molecule has 1 aromatic carbocycles. The Kier molecular flexibility index (Phi) is 5.22. The third kappa shape index (κ3) is 3.95. The van der Waals surface area contributed by atoms with Crippen molar-refractivity contribution in [2.75, 3.05) is 13.1 Å². The summed E-state index contributed by atoms with van der Waals surface area (Å²) in [5, 5.41) is 0. The van der Waals surface area contributed by atoms with Crippen LogP contribution in [0.4, 0.5) is 4.79 Å². The van der Waals surface area contributed by atoms with Crippen LogP contribution < -0.4 is 0 Å². The number of hydrogen-bond acceptors (Lipinski definition) is 2. The fourth-order valence-electron chi connectivity index (χ4n) is 5.90. The predicted molar refractivity (Wildman–Crippen MR) is 113 cm³/mol. The molecule has 1 amide bonds. The number of hydrogen-bond donors (Lipinski definition) is 0. The molecule has 0 N–H and O–H groups in total. The highest BCUT2D eigenvalue weighted by Gasteiger charge is 2.56. The van der Waals surface area contributed by atoms with Gasteiger partial charge in [-0.25, -0.2) is 4.79 Å². The zero-order valence-corrected chi connectivity index (χ0v) is 18.2. The summed E-state index contributed by atoms with van der Waals surface area (Å²) >= 11 is 0. The molecular formula is C25H37NO2. The van der Waals surface area contributed by atoms with Crippen LogP contribution in [0.15, 0.2) is 24.3 Å². The van der Waals surface area contributed by atoms with E-state index in [1.807, 2.05) is 25.7 Å². The molecule has 2 fully saturated rings. The molecule has 3 atom stereocenters. The molecular weight excluding hydrogens is 346 g/mol. The lowest BCUT2D eigenvalue weighted by molar-refractivity contribution is 0.0159. The van der Waals surface area contributed by atoms with Crippen molar-refractivity contribution >= 4 is 6.09 Å². The minimum Gasteiger partial charge on any atom is -0.444 e. The van der Waals surface area contributed by atoms with Crippen molar-refractivity contribution in [1.82, 2.24) is 4.90 Å². The minimum atomic E-state index is -0.405. The van der Waals surface area contributed by atoms with Crippen LogP contribution in [-0.2, 0) is 16.6 Å². The van der Waals surface area contributed by atoms with Crippen LogP contribution in [0.2, 0.25) is 0 Å². The molecule has 4 rings (SSSR count). The maximum atomic E-state index is 12.3. The van der Waals surface area contributed by atoms with Crippen LogP contribution >= 0.6 is 0 Å². The topological polar surface area (TPSA) is 29.5 Å². The number of fused-ring (bicyclic) bond motifs is 2. The maximum Gasteiger partial charge on any atom is 0.410 e. The Labute approximate surface area is 170 Å². The van der Waals surface area contributed by atoms with Gasteiger partial charge in [-0.2, -0.15) is 0 Å². The van der Waals surface area contributed by atoms with E-state index in [1.165, 1.54) is 32.1 Å². The van der Waals surface area contributed by atoms with E-state index in [0.717, 1.165) is 43.7 Å². The van der Waals surface area contributed by atoms with E-state index in [9.17, 15) is 4.79 Å². The molecule has 28 heavy (non-hydrogen) atoms. The number of rotatable bonds is 3. The highest BCUT2D eigenvalue weighted by atomic mass is 16.6. The van der Waals surface area contributed by atoms with Crippen LogP contribution in [-0.4, -0.2) is 29.7 Å². The van der Waals surface area contributed by atoms with E-state index in [-0.39, 0.29) is 6.09 Å². The molecule has 154 valence electrons. The van der Waals surface area contributed by atoms with E-state index in [4.69, 9.17) is 4.74 Å². The Morgan fingerprint density at radius 3 is 2.68 bits per heavy atom. The second kappa shape index (κ2) is 7.39. The number of benzene rings is 1. The van der Waals surface area contributed by atoms with Crippen LogP contribution in [0, 0.1) is 17.8 Å². The molecule has 1 saturated carbocycles. The molecule has 1 heterocycles. The van der Waals surface area contributed by atoms with E-state index in [1.54, 1.807) is 11.1 Å². The van der Waals surface area contributed by atoms with Gasteiger partial charge in [0.15, 0.2) is 0 Å². The lowest BCUT2D eigenvalue weighted by Gasteiger charge is -2.36. The number of ether oxygens (including phenoxy) is 1. The molecule has 0 radical (unpaired) electrons. The largest absolute Gasteiger partial charge is 0.444 e. The van der Waals surface area contributed by atoms with E-state index in [2.05, 4.69) is 31.2 Å². The molecule has 3 aliphatic rings. The summed E-state index contributed by atoms with van der Waals surface area (Å²) in [6, 6.07) is 9.19. The van der Waals surface area contributed by atoms with Gasteiger partial charge in [-0.1, -0.05) is 31.2 Å². The highest BCUT2D eigenvalue weighted by Crippen LogP contribution is 2.62. The van der Waals surface area contributed by atoms with Gasteiger partial charge in [-0.15, -0.1) is 0 Å². The van der Waals surface area contributed by atoms with Crippen LogP contribution in [0.5, 0.6) is 0 Å². The summed E-state index contributed by atoms with van der Waals surface area (Å²) in [5.41, 5.74) is 3.37. The van der Waals surface area contributed by atoms with Crippen molar-refractivity contribution in [2.24, 2.45) is 17.8 Å². The maximum absolute atomic E-state index is 12.3. The number of carbonyl (C=O) groups excluding carboxylic acids is 1. The first kappa shape index (κ1) is 19.8. The molecule has 3 nitrogen and oxygen atoms in total. The van der Waals surface area contributed by atoms with Crippen LogP contribution in [0.1, 0.15) is 77.3 Å². The molecule has 1 aromatic rings. The third-order valence-electron chi connectivity index (χ3n) is 7.51. The molecule has 2 aliphatic carbocycles. The third-order valence-corrected chi connectivity index (χ3v) is 7.51. The van der Waals surface area contributed by atoms with Gasteiger partial charge in [0, 0.05) is 13.1 Å². The summed E-state index contributed by atoms with van der Waals surface area (Å²) in [5.74, 6) is 2.36. The van der Waals surface area contributed by atoms with E-state index >= 15 is 0 Å². The van der Waals surface area contributed by atoms with Crippen molar-refractivity contribution < 1.29 is 9.53 Å². The zero-order valence-electron chi connectivity index (χ0n) is 18.2. The summed E-state index contributed by atoms with van der Waals surface area (Å²) in [6.07, 6.45) is 8.86. The van der Waals surface area contributed by atoms with Crippen LogP contribution in [0.3, 0.4) is 0 Å². The molecule has 3 unspecified atom stereocenters. The fraction of sp³-hybridized carbons (Fsp3) is 0.720. The summed E-state index contributed by atoms with van der Waals surface area (Å²) in [4.78, 5) is 14.2. The summed E-state index contributed by atoms with van der Waals surface area (Å²) < 4.78 is 5.54. The Bertz CT molecular complexity index is 714. The molecule has 1 aliphatic heterocycles. The van der Waals surface area contributed by atoms with Crippen molar-refractivity contribution in [3.05, 3.63) is 35.4 Å². The highest BCUT2D eigenvalue weighted by molar-refractivity contribution is 5.68. The number of likely N-dealkylation sites (tertiary alicyclic amines) is 1. The smallest absolute Gasteiger partial charge is 0.410 e. The van der Waals surface area contributed by atoms with Gasteiger partial charge in [-0.05, 0) is 100 Å². The number of amides is 1. The molecule has 3 heteroatoms. The van der Waals surface area contributed by atoms with Crippen molar-refractivity contribution in [3.63, 3.8) is 0 Å². The second-order valence-electron chi connectivity index (χ2n) is 10.6. The van der Waals surface area contributed by atoms with Gasteiger partial charge in [0.1, 0.15) is 5.60 Å². The average Bonchev–Trinajstić information content (AvgIpc) is 3.33. The van der Waals surface area contributed by atoms with Crippen molar-refractivity contribution in [2.45, 2.75) is 83.7 Å². The first-order valence-electron chi connectivity index (χ1n) is 11.3. The van der Waals surface area contributed by atoms with Gasteiger partial charge in [0.05, 0.1) is 0 Å². The normalized spacial score (nSPS) is 28.7. The first-order valence-corrected chi connectivity index (χ1v) is 11.3. The van der Waals surface area contributed by atoms with Crippen LogP contribution in [0.25, 0.3) is 0 Å². The van der Waals surface area contributed by atoms with Crippen molar-refractivity contribution in [3.8, 4) is 0 Å². The summed E-state index contributed by atoms with van der Waals surface area (Å²) in [6.45, 7) is 9.97. The zero-order chi connectivity index (χ0) is 19.9. The average molecular weight is 384 g/mol. The summed E-state index contributed by atoms with van der Waals surface area (Å²) in [7, 11) is 0. The number of aryl methyl sites for hydroxylation is 1. The SMILES string of the molecule is CC(CC1CC12CCCc1ccccc12)C1CCN(C(=O)OC(C)(C)C)CC1. The minimum absolute atomic E-state index is 0.140. The Morgan fingerprint density at radius 2 is 1.96 bits per heavy atom. The monoisotopic (exact) mass is 383 g/mol. The van der Waals surface area contributed by atoms with Gasteiger partial charge < -0.3 is 9.64 Å². The molecule has 0 aromatic heterocycles. The Morgan fingerprint density at radius 1 is 1.25 bits per heavy atom. The molecule has 1 spiro atoms. The van der Waals surface area contributed by atoms with Gasteiger partial charge in [0.25, 0.3) is 0 Å². The van der Waals surface area contributed by atoms with E-state index < -0.39 is 5.60 Å². The Balaban J connectivity index is 1.30. The second-order valence-corrected chi connectivity index (χ2v) is 10.6. The quantitative estimate of drug-likeness (QED) is 0.645. The standard InChI is InChI=1S/C25H37NO2/c1-18(19-11-14-26(15-12-19)23(27)28-24(2,3)4)16-21-17-25(21)13-7-9-20-8-5-6-10-22(20)25/h5-6,8,10,18-19,21H,7,9,11-17H2,1-4H3.